The van der Waals surface area contributed by atoms with Crippen molar-refractivity contribution in [1.29, 1.82) is 0 Å². The van der Waals surface area contributed by atoms with Crippen molar-refractivity contribution in [2.45, 2.75) is 56.2 Å². The van der Waals surface area contributed by atoms with E-state index >= 15 is 0 Å². The van der Waals surface area contributed by atoms with Gasteiger partial charge in [0.2, 0.25) is 5.91 Å². The van der Waals surface area contributed by atoms with E-state index in [0.717, 1.165) is 49.0 Å². The minimum Gasteiger partial charge on any atom is -0.504 e. The quantitative estimate of drug-likeness (QED) is 0.278. The summed E-state index contributed by atoms with van der Waals surface area (Å²) < 4.78 is 17.3. The van der Waals surface area contributed by atoms with Crippen molar-refractivity contribution in [3.05, 3.63) is 60.1 Å². The Bertz CT molecular complexity index is 1280. The molecule has 1 spiro atoms. The molecule has 5 atom stereocenters. The van der Waals surface area contributed by atoms with E-state index in [9.17, 15) is 14.7 Å². The van der Waals surface area contributed by atoms with Gasteiger partial charge in [0.1, 0.15) is 11.9 Å². The van der Waals surface area contributed by atoms with Crippen LogP contribution in [0.2, 0.25) is 0 Å². The Balaban J connectivity index is 1.42. The summed E-state index contributed by atoms with van der Waals surface area (Å²) in [4.78, 5) is 29.4. The van der Waals surface area contributed by atoms with Crippen molar-refractivity contribution in [3.63, 3.8) is 0 Å². The molecule has 1 amide bonds. The van der Waals surface area contributed by atoms with Gasteiger partial charge >= 0.3 is 5.97 Å². The fraction of sp³-hybridized carbons (Fsp3) is 0.448. The van der Waals surface area contributed by atoms with Gasteiger partial charge in [0, 0.05) is 60.8 Å². The van der Waals surface area contributed by atoms with Gasteiger partial charge in [-0.25, -0.2) is 0 Å². The average Bonchev–Trinajstić information content (AvgIpc) is 3.51. The molecule has 1 saturated heterocycles. The summed E-state index contributed by atoms with van der Waals surface area (Å²) in [5, 5.41) is 11.0. The Morgan fingerprint density at radius 1 is 1.38 bits per heavy atom. The smallest absolute Gasteiger partial charge is 0.308 e. The number of hydrogen-bond donors (Lipinski definition) is 1. The molecule has 6 rings (SSSR count). The highest BCUT2D eigenvalue weighted by Gasteiger charge is 2.66. The van der Waals surface area contributed by atoms with Crippen LogP contribution in [-0.2, 0) is 21.4 Å². The minimum absolute atomic E-state index is 0.0166. The molecule has 1 aromatic heterocycles. The second-order valence-corrected chi connectivity index (χ2v) is 10.6. The molecule has 194 valence electrons. The zero-order chi connectivity index (χ0) is 25.9. The van der Waals surface area contributed by atoms with Crippen molar-refractivity contribution in [3.8, 4) is 17.2 Å². The lowest BCUT2D eigenvalue weighted by atomic mass is 9.51. The maximum absolute atomic E-state index is 13.2. The van der Waals surface area contributed by atoms with Crippen LogP contribution < -0.4 is 9.47 Å². The van der Waals surface area contributed by atoms with Gasteiger partial charge in [-0.15, -0.1) is 6.58 Å². The van der Waals surface area contributed by atoms with Crippen LogP contribution in [-0.4, -0.2) is 65.1 Å². The first kappa shape index (κ1) is 23.9. The maximum Gasteiger partial charge on any atom is 0.308 e. The van der Waals surface area contributed by atoms with Crippen LogP contribution in [0, 0.1) is 5.92 Å². The van der Waals surface area contributed by atoms with Crippen LogP contribution in [0.4, 0.5) is 0 Å². The largest absolute Gasteiger partial charge is 0.504 e. The number of ether oxygens (including phenoxy) is 2. The lowest BCUT2D eigenvalue weighted by molar-refractivity contribution is -0.135. The lowest BCUT2D eigenvalue weighted by Gasteiger charge is -2.60. The molecule has 3 heterocycles. The first-order valence-corrected chi connectivity index (χ1v) is 12.9. The number of likely N-dealkylation sites (tertiary alicyclic amines) is 1. The Morgan fingerprint density at radius 3 is 2.95 bits per heavy atom. The van der Waals surface area contributed by atoms with Crippen molar-refractivity contribution in [1.82, 2.24) is 9.80 Å². The van der Waals surface area contributed by atoms with Crippen LogP contribution in [0.15, 0.2) is 47.8 Å². The topological polar surface area (TPSA) is 92.5 Å². The number of aromatic hydroxyl groups is 1. The van der Waals surface area contributed by atoms with Gasteiger partial charge in [0.25, 0.3) is 0 Å². The molecular formula is C29H32N2O6. The molecule has 1 aromatic carbocycles. The van der Waals surface area contributed by atoms with Crippen molar-refractivity contribution >= 4 is 18.0 Å². The summed E-state index contributed by atoms with van der Waals surface area (Å²) in [5.41, 5.74) is 2.37. The van der Waals surface area contributed by atoms with Gasteiger partial charge < -0.3 is 23.9 Å². The molecule has 37 heavy (non-hydrogen) atoms. The van der Waals surface area contributed by atoms with Crippen LogP contribution in [0.5, 0.6) is 17.2 Å². The number of phenolic OH excluding ortho intramolecular Hbond substituents is 1. The summed E-state index contributed by atoms with van der Waals surface area (Å²) >= 11 is 0. The van der Waals surface area contributed by atoms with Gasteiger partial charge in [-0.2, -0.15) is 0 Å². The summed E-state index contributed by atoms with van der Waals surface area (Å²) in [7, 11) is 1.83. The van der Waals surface area contributed by atoms with Crippen LogP contribution in [0.3, 0.4) is 0 Å². The third kappa shape index (κ3) is 3.53. The molecule has 2 bridgehead atoms. The van der Waals surface area contributed by atoms with E-state index in [2.05, 4.69) is 11.5 Å². The number of piperidine rings is 1. The Labute approximate surface area is 216 Å². The van der Waals surface area contributed by atoms with E-state index in [1.165, 1.54) is 13.0 Å². The fourth-order valence-electron chi connectivity index (χ4n) is 7.50. The zero-order valence-corrected chi connectivity index (χ0v) is 21.2. The number of hydrogen-bond acceptors (Lipinski definition) is 7. The van der Waals surface area contributed by atoms with Crippen LogP contribution >= 0.6 is 0 Å². The second-order valence-electron chi connectivity index (χ2n) is 10.6. The van der Waals surface area contributed by atoms with E-state index in [1.54, 1.807) is 35.6 Å². The van der Waals surface area contributed by atoms with Crippen LogP contribution in [0.25, 0.3) is 6.08 Å². The number of carbonyl (C=O) groups is 2. The van der Waals surface area contributed by atoms with Gasteiger partial charge in [-0.3, -0.25) is 14.5 Å². The van der Waals surface area contributed by atoms with Gasteiger partial charge in [0.05, 0.1) is 18.6 Å². The molecule has 2 aliphatic carbocycles. The zero-order valence-electron chi connectivity index (χ0n) is 21.2. The Morgan fingerprint density at radius 2 is 2.22 bits per heavy atom. The van der Waals surface area contributed by atoms with Gasteiger partial charge in [0.15, 0.2) is 11.5 Å². The number of phenols is 1. The molecular weight excluding hydrogens is 472 g/mol. The average molecular weight is 505 g/mol. The molecule has 2 fully saturated rings. The fourth-order valence-corrected chi connectivity index (χ4v) is 7.50. The SMILES string of the molecule is C=CCN1CC[C@]23c4c5c(OC(C)=O)cc(O)c4O[C@H]2[C@H](N(C)C(=O)/C=C/c2ccoc2)CC[C@H]3[C@H]1C5. The van der Waals surface area contributed by atoms with E-state index in [1.807, 2.05) is 13.1 Å². The molecule has 2 aromatic rings. The summed E-state index contributed by atoms with van der Waals surface area (Å²) in [5.74, 6) is 0.645. The van der Waals surface area contributed by atoms with Crippen molar-refractivity contribution in [2.75, 3.05) is 20.1 Å². The monoisotopic (exact) mass is 504 g/mol. The molecule has 4 aliphatic rings. The van der Waals surface area contributed by atoms with Crippen molar-refractivity contribution in [2.24, 2.45) is 5.92 Å². The number of rotatable bonds is 6. The maximum atomic E-state index is 13.2. The predicted molar refractivity (Wildman–Crippen MR) is 136 cm³/mol. The number of carbonyl (C=O) groups excluding carboxylic acids is 2. The predicted octanol–water partition coefficient (Wildman–Crippen LogP) is 3.68. The number of esters is 1. The van der Waals surface area contributed by atoms with E-state index in [4.69, 9.17) is 13.9 Å². The second kappa shape index (κ2) is 8.80. The molecule has 1 N–H and O–H groups in total. The number of furan rings is 1. The molecule has 8 nitrogen and oxygen atoms in total. The first-order valence-electron chi connectivity index (χ1n) is 12.9. The minimum atomic E-state index is -0.421. The number of likely N-dealkylation sites (N-methyl/N-ethyl adjacent to an activating group) is 1. The van der Waals surface area contributed by atoms with E-state index in [0.29, 0.717) is 23.8 Å². The van der Waals surface area contributed by atoms with Gasteiger partial charge in [-0.05, 0) is 50.3 Å². The molecule has 0 unspecified atom stereocenters. The molecule has 8 heteroatoms. The molecule has 2 aliphatic heterocycles. The first-order chi connectivity index (χ1) is 17.8. The molecule has 1 saturated carbocycles. The summed E-state index contributed by atoms with van der Waals surface area (Å²) in [6, 6.07) is 3.38. The summed E-state index contributed by atoms with van der Waals surface area (Å²) in [6.45, 7) is 7.00. The number of nitrogens with zero attached hydrogens (tertiary/aromatic N) is 2. The standard InChI is InChI=1S/C29H32N2O6/c1-4-11-31-12-10-29-20-6-7-21(30(3)25(34)8-5-18-9-13-35-16-18)28(29)37-27-23(33)15-24(36-17(2)32)19(26(27)29)14-22(20)31/h4-5,8-9,13,15-16,20-22,28,33H,1,6-7,10-12,14H2,2-3H3/b8-5+/t20-,21+,22+,28-,29-/m0/s1. The van der Waals surface area contributed by atoms with Crippen molar-refractivity contribution < 1.29 is 28.6 Å². The third-order valence-electron chi connectivity index (χ3n) is 8.91. The van der Waals surface area contributed by atoms with E-state index in [-0.39, 0.29) is 35.3 Å². The summed E-state index contributed by atoms with van der Waals surface area (Å²) in [6.07, 6.45) is 11.4. The lowest BCUT2D eigenvalue weighted by Crippen LogP contribution is -2.68. The Hall–Kier alpha value is -3.52. The van der Waals surface area contributed by atoms with E-state index < -0.39 is 5.97 Å². The molecule has 0 radical (unpaired) electrons. The highest BCUT2D eigenvalue weighted by molar-refractivity contribution is 5.92. The van der Waals surface area contributed by atoms with Gasteiger partial charge in [-0.1, -0.05) is 6.08 Å². The Kier molecular flexibility index (Phi) is 5.67. The normalized spacial score (nSPS) is 29.5. The highest BCUT2D eigenvalue weighted by Crippen LogP contribution is 2.65. The third-order valence-corrected chi connectivity index (χ3v) is 8.91. The number of amides is 1. The highest BCUT2D eigenvalue weighted by atomic mass is 16.5. The number of benzene rings is 1. The van der Waals surface area contributed by atoms with Crippen LogP contribution in [0.1, 0.15) is 42.9 Å².